The van der Waals surface area contributed by atoms with Crippen molar-refractivity contribution in [2.24, 2.45) is 7.05 Å². The van der Waals surface area contributed by atoms with Crippen LogP contribution in [0.25, 0.3) is 0 Å². The normalized spacial score (nSPS) is 10.4. The first kappa shape index (κ1) is 14.6. The number of aromatic nitrogens is 3. The molecule has 0 aliphatic heterocycles. The molecule has 0 saturated carbocycles. The van der Waals surface area contributed by atoms with Crippen molar-refractivity contribution in [1.82, 2.24) is 20.1 Å². The largest absolute Gasteiger partial charge is 0.313 e. The third-order valence-corrected chi connectivity index (χ3v) is 3.92. The maximum atomic E-state index is 9.29. The van der Waals surface area contributed by atoms with Crippen LogP contribution in [-0.2, 0) is 13.6 Å². The lowest BCUT2D eigenvalue weighted by atomic mass is 10.1. The van der Waals surface area contributed by atoms with E-state index in [1.165, 1.54) is 11.8 Å². The van der Waals surface area contributed by atoms with E-state index in [-0.39, 0.29) is 0 Å². The van der Waals surface area contributed by atoms with Gasteiger partial charge in [-0.3, -0.25) is 0 Å². The molecule has 1 N–H and O–H groups in total. The summed E-state index contributed by atoms with van der Waals surface area (Å²) < 4.78 is 1.84. The van der Waals surface area contributed by atoms with E-state index in [0.29, 0.717) is 5.56 Å². The molecular weight excluding hydrogens is 270 g/mol. The summed E-state index contributed by atoms with van der Waals surface area (Å²) in [5.74, 6) is 0. The Bertz CT molecular complexity index is 614. The van der Waals surface area contributed by atoms with Crippen LogP contribution in [0.2, 0.25) is 0 Å². The third-order valence-electron chi connectivity index (χ3n) is 2.79. The average molecular weight is 287 g/mol. The van der Waals surface area contributed by atoms with Crippen LogP contribution in [0, 0.1) is 11.3 Å². The van der Waals surface area contributed by atoms with Crippen molar-refractivity contribution in [2.75, 3.05) is 6.54 Å². The number of nitrogens with zero attached hydrogens (tertiary/aromatic N) is 4. The Morgan fingerprint density at radius 1 is 1.45 bits per heavy atom. The molecule has 20 heavy (non-hydrogen) atoms. The molecule has 0 amide bonds. The smallest absolute Gasteiger partial charge is 0.195 e. The van der Waals surface area contributed by atoms with E-state index in [0.717, 1.165) is 35.1 Å². The second-order valence-corrected chi connectivity index (χ2v) is 5.45. The van der Waals surface area contributed by atoms with E-state index < -0.39 is 0 Å². The first-order valence-corrected chi connectivity index (χ1v) is 7.31. The molecule has 6 heteroatoms. The zero-order valence-electron chi connectivity index (χ0n) is 11.6. The Kier molecular flexibility index (Phi) is 5.16. The SMILES string of the molecule is CCCNCc1ccc(Sc2nncn2C)c(C#N)c1. The number of hydrogen-bond acceptors (Lipinski definition) is 5. The molecule has 0 unspecified atom stereocenters. The Labute approximate surface area is 123 Å². The molecule has 0 radical (unpaired) electrons. The van der Waals surface area contributed by atoms with Gasteiger partial charge in [-0.15, -0.1) is 10.2 Å². The number of rotatable bonds is 6. The summed E-state index contributed by atoms with van der Waals surface area (Å²) in [5, 5.41) is 21.3. The van der Waals surface area contributed by atoms with Gasteiger partial charge in [0.25, 0.3) is 0 Å². The standard InChI is InChI=1S/C14H17N5S/c1-3-6-16-9-11-4-5-13(12(7-11)8-15)20-14-18-17-10-19(14)2/h4-5,7,10,16H,3,6,9H2,1-2H3. The Balaban J connectivity index is 2.14. The van der Waals surface area contributed by atoms with Crippen LogP contribution < -0.4 is 5.32 Å². The van der Waals surface area contributed by atoms with Crippen LogP contribution in [-0.4, -0.2) is 21.3 Å². The van der Waals surface area contributed by atoms with Gasteiger partial charge >= 0.3 is 0 Å². The van der Waals surface area contributed by atoms with Crippen molar-refractivity contribution in [1.29, 1.82) is 5.26 Å². The molecule has 0 saturated heterocycles. The number of benzene rings is 1. The van der Waals surface area contributed by atoms with Gasteiger partial charge in [-0.1, -0.05) is 13.0 Å². The fourth-order valence-corrected chi connectivity index (χ4v) is 2.56. The summed E-state index contributed by atoms with van der Waals surface area (Å²) in [6.07, 6.45) is 2.75. The second kappa shape index (κ2) is 7.08. The molecule has 5 nitrogen and oxygen atoms in total. The summed E-state index contributed by atoms with van der Waals surface area (Å²) in [7, 11) is 1.89. The molecule has 1 heterocycles. The zero-order valence-corrected chi connectivity index (χ0v) is 12.4. The third kappa shape index (κ3) is 3.59. The van der Waals surface area contributed by atoms with Crippen molar-refractivity contribution in [3.05, 3.63) is 35.7 Å². The van der Waals surface area contributed by atoms with Crippen molar-refractivity contribution in [2.45, 2.75) is 29.9 Å². The highest BCUT2D eigenvalue weighted by molar-refractivity contribution is 7.99. The maximum Gasteiger partial charge on any atom is 0.195 e. The number of hydrogen-bond donors (Lipinski definition) is 1. The van der Waals surface area contributed by atoms with E-state index in [9.17, 15) is 5.26 Å². The summed E-state index contributed by atoms with van der Waals surface area (Å²) in [5.41, 5.74) is 1.80. The van der Waals surface area contributed by atoms with E-state index in [1.807, 2.05) is 29.8 Å². The van der Waals surface area contributed by atoms with E-state index in [4.69, 9.17) is 0 Å². The molecule has 0 fully saturated rings. The van der Waals surface area contributed by atoms with Crippen LogP contribution in [0.5, 0.6) is 0 Å². The van der Waals surface area contributed by atoms with E-state index in [1.54, 1.807) is 6.33 Å². The zero-order chi connectivity index (χ0) is 14.4. The monoisotopic (exact) mass is 287 g/mol. The van der Waals surface area contributed by atoms with Gasteiger partial charge in [0.05, 0.1) is 5.56 Å². The molecular formula is C14H17N5S. The van der Waals surface area contributed by atoms with Gasteiger partial charge in [0, 0.05) is 18.5 Å². The van der Waals surface area contributed by atoms with Crippen LogP contribution >= 0.6 is 11.8 Å². The minimum Gasteiger partial charge on any atom is -0.313 e. The summed E-state index contributed by atoms with van der Waals surface area (Å²) >= 11 is 1.46. The summed E-state index contributed by atoms with van der Waals surface area (Å²) in [4.78, 5) is 0.905. The van der Waals surface area contributed by atoms with E-state index >= 15 is 0 Å². The van der Waals surface area contributed by atoms with Gasteiger partial charge in [-0.25, -0.2) is 0 Å². The van der Waals surface area contributed by atoms with Gasteiger partial charge < -0.3 is 9.88 Å². The predicted molar refractivity (Wildman–Crippen MR) is 78.3 cm³/mol. The van der Waals surface area contributed by atoms with Crippen molar-refractivity contribution < 1.29 is 0 Å². The van der Waals surface area contributed by atoms with Crippen LogP contribution in [0.1, 0.15) is 24.5 Å². The van der Waals surface area contributed by atoms with Gasteiger partial charge in [0.1, 0.15) is 12.4 Å². The van der Waals surface area contributed by atoms with E-state index in [2.05, 4.69) is 28.5 Å². The molecule has 104 valence electrons. The Hall–Kier alpha value is -1.84. The summed E-state index contributed by atoms with van der Waals surface area (Å²) in [6, 6.07) is 8.20. The van der Waals surface area contributed by atoms with Crippen LogP contribution in [0.4, 0.5) is 0 Å². The lowest BCUT2D eigenvalue weighted by Crippen LogP contribution is -2.13. The lowest BCUT2D eigenvalue weighted by Gasteiger charge is -2.07. The minimum atomic E-state index is 0.675. The molecule has 0 aliphatic rings. The number of aryl methyl sites for hydroxylation is 1. The first-order chi connectivity index (χ1) is 9.74. The van der Waals surface area contributed by atoms with Crippen LogP contribution in [0.15, 0.2) is 34.6 Å². The highest BCUT2D eigenvalue weighted by Crippen LogP contribution is 2.28. The maximum absolute atomic E-state index is 9.29. The summed E-state index contributed by atoms with van der Waals surface area (Å²) in [6.45, 7) is 3.91. The highest BCUT2D eigenvalue weighted by Gasteiger charge is 2.09. The van der Waals surface area contributed by atoms with Gasteiger partial charge in [-0.2, -0.15) is 5.26 Å². The predicted octanol–water partition coefficient (Wildman–Crippen LogP) is 2.34. The molecule has 1 aromatic carbocycles. The number of nitriles is 1. The molecule has 0 atom stereocenters. The fourth-order valence-electron chi connectivity index (χ4n) is 1.74. The van der Waals surface area contributed by atoms with Crippen molar-refractivity contribution >= 4 is 11.8 Å². The Morgan fingerprint density at radius 2 is 2.30 bits per heavy atom. The molecule has 2 rings (SSSR count). The average Bonchev–Trinajstić information content (AvgIpc) is 2.86. The highest BCUT2D eigenvalue weighted by atomic mass is 32.2. The molecule has 0 aliphatic carbocycles. The molecule has 2 aromatic rings. The molecule has 0 bridgehead atoms. The van der Waals surface area contributed by atoms with Gasteiger partial charge in [-0.05, 0) is 42.4 Å². The fraction of sp³-hybridized carbons (Fsp3) is 0.357. The number of nitrogens with one attached hydrogen (secondary N) is 1. The van der Waals surface area contributed by atoms with Crippen molar-refractivity contribution in [3.63, 3.8) is 0 Å². The minimum absolute atomic E-state index is 0.675. The van der Waals surface area contributed by atoms with Gasteiger partial charge in [0.15, 0.2) is 5.16 Å². The Morgan fingerprint density at radius 3 is 2.95 bits per heavy atom. The molecule has 1 aromatic heterocycles. The second-order valence-electron chi connectivity index (χ2n) is 4.45. The quantitative estimate of drug-likeness (QED) is 0.826. The van der Waals surface area contributed by atoms with Crippen molar-refractivity contribution in [3.8, 4) is 6.07 Å². The molecule has 0 spiro atoms. The van der Waals surface area contributed by atoms with Gasteiger partial charge in [0.2, 0.25) is 0 Å². The topological polar surface area (TPSA) is 66.5 Å². The lowest BCUT2D eigenvalue weighted by molar-refractivity contribution is 0.675. The van der Waals surface area contributed by atoms with Crippen LogP contribution in [0.3, 0.4) is 0 Å². The first-order valence-electron chi connectivity index (χ1n) is 6.50.